The highest BCUT2D eigenvalue weighted by molar-refractivity contribution is 7.89. The summed E-state index contributed by atoms with van der Waals surface area (Å²) in [5.74, 6) is -1.19. The number of carbonyl (C=O) groups is 2. The minimum absolute atomic E-state index is 0.0360. The molecule has 1 aliphatic heterocycles. The highest BCUT2D eigenvalue weighted by atomic mass is 32.2. The van der Waals surface area contributed by atoms with Gasteiger partial charge in [0.1, 0.15) is 0 Å². The van der Waals surface area contributed by atoms with Crippen molar-refractivity contribution < 1.29 is 27.5 Å². The first-order valence-corrected chi connectivity index (χ1v) is 10.7. The summed E-state index contributed by atoms with van der Waals surface area (Å²) in [5, 5.41) is 2.60. The lowest BCUT2D eigenvalue weighted by Gasteiger charge is -2.11. The van der Waals surface area contributed by atoms with Crippen molar-refractivity contribution in [2.75, 3.05) is 25.1 Å². The average molecular weight is 418 g/mol. The topological polar surface area (TPSA) is 111 Å². The number of para-hydroxylation sites is 1. The van der Waals surface area contributed by atoms with Crippen LogP contribution in [0.25, 0.3) is 0 Å². The molecule has 3 rings (SSSR count). The number of amides is 1. The van der Waals surface area contributed by atoms with Crippen LogP contribution in [0, 0.1) is 0 Å². The van der Waals surface area contributed by atoms with E-state index in [4.69, 9.17) is 9.47 Å². The number of carbonyl (C=O) groups excluding carboxylic acids is 2. The van der Waals surface area contributed by atoms with Crippen LogP contribution in [0.4, 0.5) is 5.69 Å². The van der Waals surface area contributed by atoms with E-state index >= 15 is 0 Å². The number of esters is 1. The highest BCUT2D eigenvalue weighted by Crippen LogP contribution is 2.14. The number of hydrogen-bond acceptors (Lipinski definition) is 6. The number of nitrogens with one attached hydrogen (secondary N) is 2. The van der Waals surface area contributed by atoms with Crippen molar-refractivity contribution in [3.8, 4) is 0 Å². The molecule has 9 heteroatoms. The van der Waals surface area contributed by atoms with Gasteiger partial charge in [0.2, 0.25) is 10.0 Å². The lowest BCUT2D eigenvalue weighted by atomic mass is 10.2. The predicted molar refractivity (Wildman–Crippen MR) is 106 cm³/mol. The predicted octanol–water partition coefficient (Wildman–Crippen LogP) is 1.94. The molecule has 0 saturated carbocycles. The zero-order valence-corrected chi connectivity index (χ0v) is 16.5. The van der Waals surface area contributed by atoms with Crippen molar-refractivity contribution in [3.05, 3.63) is 60.2 Å². The molecule has 2 aromatic carbocycles. The molecule has 8 nitrogen and oxygen atoms in total. The Morgan fingerprint density at radius 3 is 2.45 bits per heavy atom. The molecule has 2 aromatic rings. The van der Waals surface area contributed by atoms with E-state index in [1.165, 1.54) is 24.3 Å². The largest absolute Gasteiger partial charge is 0.452 e. The SMILES string of the molecule is O=C(COC(=O)c1ccc(S(=O)(=O)NC[C@H]2CCCO2)cc1)Nc1ccccc1. The molecule has 0 bridgehead atoms. The van der Waals surface area contributed by atoms with Crippen LogP contribution in [0.5, 0.6) is 0 Å². The van der Waals surface area contributed by atoms with Gasteiger partial charge in [0, 0.05) is 18.8 Å². The molecule has 1 saturated heterocycles. The Kier molecular flexibility index (Phi) is 6.97. The van der Waals surface area contributed by atoms with Crippen molar-refractivity contribution >= 4 is 27.6 Å². The molecule has 1 atom stereocenters. The van der Waals surface area contributed by atoms with Crippen molar-refractivity contribution in [2.24, 2.45) is 0 Å². The summed E-state index contributed by atoms with van der Waals surface area (Å²) in [5.41, 5.74) is 0.745. The van der Waals surface area contributed by atoms with Crippen LogP contribution in [0.2, 0.25) is 0 Å². The van der Waals surface area contributed by atoms with Gasteiger partial charge in [-0.3, -0.25) is 4.79 Å². The summed E-state index contributed by atoms with van der Waals surface area (Å²) in [4.78, 5) is 23.9. The van der Waals surface area contributed by atoms with Gasteiger partial charge in [-0.05, 0) is 49.2 Å². The Labute approximate surface area is 169 Å². The van der Waals surface area contributed by atoms with Gasteiger partial charge in [-0.25, -0.2) is 17.9 Å². The van der Waals surface area contributed by atoms with Crippen LogP contribution in [-0.2, 0) is 24.3 Å². The Morgan fingerprint density at radius 2 is 1.79 bits per heavy atom. The van der Waals surface area contributed by atoms with Crippen LogP contribution >= 0.6 is 0 Å². The van der Waals surface area contributed by atoms with E-state index in [1.54, 1.807) is 24.3 Å². The van der Waals surface area contributed by atoms with Crippen LogP contribution in [-0.4, -0.2) is 46.2 Å². The Balaban J connectivity index is 1.50. The summed E-state index contributed by atoms with van der Waals surface area (Å²) < 4.78 is 37.5. The van der Waals surface area contributed by atoms with Gasteiger partial charge in [0.15, 0.2) is 6.61 Å². The first kappa shape index (κ1) is 21.0. The standard InChI is InChI=1S/C20H22N2O6S/c23-19(22-16-5-2-1-3-6-16)14-28-20(24)15-8-10-18(11-9-15)29(25,26)21-13-17-7-4-12-27-17/h1-3,5-6,8-11,17,21H,4,7,12-14H2,(H,22,23)/t17-/m1/s1. The molecule has 1 aliphatic rings. The van der Waals surface area contributed by atoms with Crippen LogP contribution in [0.15, 0.2) is 59.5 Å². The molecular formula is C20H22N2O6S. The van der Waals surface area contributed by atoms with Gasteiger partial charge in [-0.1, -0.05) is 18.2 Å². The zero-order valence-electron chi connectivity index (χ0n) is 15.7. The Morgan fingerprint density at radius 1 is 1.07 bits per heavy atom. The third-order valence-corrected chi connectivity index (χ3v) is 5.76. The molecular weight excluding hydrogens is 396 g/mol. The quantitative estimate of drug-likeness (QED) is 0.634. The lowest BCUT2D eigenvalue weighted by molar-refractivity contribution is -0.119. The Bertz CT molecular complexity index is 939. The van der Waals surface area contributed by atoms with Crippen LogP contribution in [0.3, 0.4) is 0 Å². The van der Waals surface area contributed by atoms with Crippen molar-refractivity contribution in [3.63, 3.8) is 0 Å². The summed E-state index contributed by atoms with van der Waals surface area (Å²) in [6.07, 6.45) is 1.64. The van der Waals surface area contributed by atoms with Gasteiger partial charge in [0.05, 0.1) is 16.6 Å². The average Bonchev–Trinajstić information content (AvgIpc) is 3.25. The van der Waals surface area contributed by atoms with Crippen molar-refractivity contribution in [1.29, 1.82) is 0 Å². The van der Waals surface area contributed by atoms with Gasteiger partial charge in [-0.2, -0.15) is 0 Å². The van der Waals surface area contributed by atoms with Gasteiger partial charge in [0.25, 0.3) is 5.91 Å². The van der Waals surface area contributed by atoms with Crippen molar-refractivity contribution in [2.45, 2.75) is 23.8 Å². The van der Waals surface area contributed by atoms with Gasteiger partial charge < -0.3 is 14.8 Å². The monoisotopic (exact) mass is 418 g/mol. The number of hydrogen-bond donors (Lipinski definition) is 2. The summed E-state index contributed by atoms with van der Waals surface area (Å²) in [6.45, 7) is 0.409. The second-order valence-corrected chi connectivity index (χ2v) is 8.27. The molecule has 1 heterocycles. The minimum Gasteiger partial charge on any atom is -0.452 e. The fourth-order valence-corrected chi connectivity index (χ4v) is 3.86. The first-order chi connectivity index (χ1) is 13.9. The fourth-order valence-electron chi connectivity index (χ4n) is 2.79. The maximum atomic E-state index is 12.3. The second kappa shape index (κ2) is 9.64. The molecule has 29 heavy (non-hydrogen) atoms. The molecule has 2 N–H and O–H groups in total. The summed E-state index contributed by atoms with van der Waals surface area (Å²) in [7, 11) is -3.70. The highest BCUT2D eigenvalue weighted by Gasteiger charge is 2.20. The lowest BCUT2D eigenvalue weighted by Crippen LogP contribution is -2.31. The number of benzene rings is 2. The van der Waals surface area contributed by atoms with Crippen LogP contribution < -0.4 is 10.0 Å². The maximum Gasteiger partial charge on any atom is 0.338 e. The van der Waals surface area contributed by atoms with Crippen molar-refractivity contribution in [1.82, 2.24) is 4.72 Å². The third kappa shape index (κ3) is 6.11. The molecule has 154 valence electrons. The molecule has 0 aromatic heterocycles. The number of rotatable bonds is 8. The minimum atomic E-state index is -3.70. The van der Waals surface area contributed by atoms with E-state index in [0.717, 1.165) is 12.8 Å². The van der Waals surface area contributed by atoms with E-state index in [0.29, 0.717) is 12.3 Å². The van der Waals surface area contributed by atoms with E-state index in [-0.39, 0.29) is 23.1 Å². The molecule has 0 radical (unpaired) electrons. The third-order valence-electron chi connectivity index (χ3n) is 4.32. The number of ether oxygens (including phenoxy) is 2. The molecule has 0 unspecified atom stereocenters. The number of anilines is 1. The van der Waals surface area contributed by atoms with Crippen LogP contribution in [0.1, 0.15) is 23.2 Å². The normalized spacial score (nSPS) is 16.3. The molecule has 0 aliphatic carbocycles. The van der Waals surface area contributed by atoms with Gasteiger partial charge >= 0.3 is 5.97 Å². The Hall–Kier alpha value is -2.75. The zero-order chi connectivity index (χ0) is 20.7. The first-order valence-electron chi connectivity index (χ1n) is 9.17. The van der Waals surface area contributed by atoms with E-state index in [9.17, 15) is 18.0 Å². The fraction of sp³-hybridized carbons (Fsp3) is 0.300. The van der Waals surface area contributed by atoms with Gasteiger partial charge in [-0.15, -0.1) is 0 Å². The number of sulfonamides is 1. The van der Waals surface area contributed by atoms with E-state index < -0.39 is 28.5 Å². The molecule has 1 fully saturated rings. The molecule has 0 spiro atoms. The van der Waals surface area contributed by atoms with E-state index in [2.05, 4.69) is 10.0 Å². The smallest absolute Gasteiger partial charge is 0.338 e. The second-order valence-electron chi connectivity index (χ2n) is 6.50. The van der Waals surface area contributed by atoms with E-state index in [1.807, 2.05) is 6.07 Å². The summed E-state index contributed by atoms with van der Waals surface area (Å²) in [6, 6.07) is 14.1. The maximum absolute atomic E-state index is 12.3. The molecule has 1 amide bonds. The summed E-state index contributed by atoms with van der Waals surface area (Å²) >= 11 is 0.